The second-order valence-corrected chi connectivity index (χ2v) is 6.04. The van der Waals surface area contributed by atoms with Crippen LogP contribution in [0.15, 0.2) is 47.3 Å². The van der Waals surface area contributed by atoms with Crippen LogP contribution in [0.4, 0.5) is 0 Å². The lowest BCUT2D eigenvalue weighted by Crippen LogP contribution is -2.28. The van der Waals surface area contributed by atoms with Crippen LogP contribution < -0.4 is 10.9 Å². The number of carbonyl (C=O) groups excluding carboxylic acids is 1. The Morgan fingerprint density at radius 2 is 1.88 bits per heavy atom. The molecule has 2 aromatic heterocycles. The number of nitrogens with one attached hydrogen (secondary N) is 2. The van der Waals surface area contributed by atoms with Gasteiger partial charge in [-0.25, -0.2) is 4.68 Å². The Morgan fingerprint density at radius 1 is 1.16 bits per heavy atom. The molecule has 0 aliphatic carbocycles. The number of hydrogen-bond donors (Lipinski definition) is 2. The molecule has 0 radical (unpaired) electrons. The second-order valence-electron chi connectivity index (χ2n) is 6.04. The van der Waals surface area contributed by atoms with Crippen molar-refractivity contribution in [3.8, 4) is 5.69 Å². The van der Waals surface area contributed by atoms with Gasteiger partial charge in [0.1, 0.15) is 0 Å². The Kier molecular flexibility index (Phi) is 4.52. The molecule has 0 unspecified atom stereocenters. The topological polar surface area (TPSA) is 79.8 Å². The maximum absolute atomic E-state index is 12.4. The summed E-state index contributed by atoms with van der Waals surface area (Å²) in [5.74, 6) is -0.308. The molecule has 0 saturated carbocycles. The van der Waals surface area contributed by atoms with E-state index in [-0.39, 0.29) is 18.0 Å². The Labute approximate surface area is 145 Å². The molecule has 2 heterocycles. The van der Waals surface area contributed by atoms with Gasteiger partial charge in [-0.15, -0.1) is 0 Å². The normalized spacial score (nSPS) is 10.7. The molecule has 128 valence electrons. The van der Waals surface area contributed by atoms with Crippen LogP contribution in [0.5, 0.6) is 0 Å². The van der Waals surface area contributed by atoms with E-state index < -0.39 is 0 Å². The minimum atomic E-state index is -0.308. The summed E-state index contributed by atoms with van der Waals surface area (Å²) in [6, 6.07) is 13.2. The zero-order chi connectivity index (χ0) is 18.0. The third-order valence-electron chi connectivity index (χ3n) is 4.04. The molecule has 0 aliphatic heterocycles. The highest BCUT2D eigenvalue weighted by molar-refractivity contribution is 5.92. The van der Waals surface area contributed by atoms with E-state index in [9.17, 15) is 9.59 Å². The van der Waals surface area contributed by atoms with Crippen molar-refractivity contribution in [2.45, 2.75) is 27.3 Å². The van der Waals surface area contributed by atoms with Gasteiger partial charge >= 0.3 is 0 Å². The number of benzene rings is 1. The minimum Gasteiger partial charge on any atom is -0.346 e. The maximum atomic E-state index is 12.4. The molecule has 3 aromatic rings. The summed E-state index contributed by atoms with van der Waals surface area (Å²) in [6.45, 7) is 5.75. The zero-order valence-corrected chi connectivity index (χ0v) is 14.5. The number of amides is 1. The molecule has 3 rings (SSSR count). The number of H-pyrrole nitrogens is 1. The van der Waals surface area contributed by atoms with Crippen molar-refractivity contribution in [1.82, 2.24) is 20.1 Å². The summed E-state index contributed by atoms with van der Waals surface area (Å²) in [5.41, 5.74) is 4.11. The minimum absolute atomic E-state index is 0.164. The van der Waals surface area contributed by atoms with Crippen LogP contribution in [0.25, 0.3) is 5.69 Å². The first-order chi connectivity index (χ1) is 12.0. The molecule has 1 amide bonds. The first kappa shape index (κ1) is 16.7. The monoisotopic (exact) mass is 336 g/mol. The van der Waals surface area contributed by atoms with Crippen molar-refractivity contribution < 1.29 is 4.79 Å². The fourth-order valence-electron chi connectivity index (χ4n) is 2.78. The van der Waals surface area contributed by atoms with Crippen molar-refractivity contribution in [1.29, 1.82) is 0 Å². The number of aromatic amines is 1. The largest absolute Gasteiger partial charge is 0.346 e. The first-order valence-corrected chi connectivity index (χ1v) is 8.05. The molecule has 25 heavy (non-hydrogen) atoms. The highest BCUT2D eigenvalue weighted by Crippen LogP contribution is 2.12. The van der Waals surface area contributed by atoms with Crippen molar-refractivity contribution in [2.75, 3.05) is 0 Å². The fourth-order valence-corrected chi connectivity index (χ4v) is 2.78. The van der Waals surface area contributed by atoms with Gasteiger partial charge in [-0.2, -0.15) is 5.10 Å². The molecule has 6 nitrogen and oxygen atoms in total. The van der Waals surface area contributed by atoms with Crippen LogP contribution in [-0.2, 0) is 6.54 Å². The predicted molar refractivity (Wildman–Crippen MR) is 96.0 cm³/mol. The van der Waals surface area contributed by atoms with E-state index in [2.05, 4.69) is 15.4 Å². The van der Waals surface area contributed by atoms with E-state index in [1.165, 1.54) is 0 Å². The molecule has 0 atom stereocenters. The summed E-state index contributed by atoms with van der Waals surface area (Å²) in [7, 11) is 0. The molecule has 0 aliphatic rings. The number of carbonyl (C=O) groups is 1. The Balaban J connectivity index is 1.78. The summed E-state index contributed by atoms with van der Waals surface area (Å²) in [4.78, 5) is 27.2. The van der Waals surface area contributed by atoms with E-state index in [1.54, 1.807) is 10.7 Å². The van der Waals surface area contributed by atoms with E-state index in [0.717, 1.165) is 22.6 Å². The smallest absolute Gasteiger partial charge is 0.272 e. The molecule has 2 N–H and O–H groups in total. The number of hydrogen-bond acceptors (Lipinski definition) is 3. The van der Waals surface area contributed by atoms with Crippen LogP contribution >= 0.6 is 0 Å². The fraction of sp³-hybridized carbons (Fsp3) is 0.211. The van der Waals surface area contributed by atoms with Gasteiger partial charge in [0.15, 0.2) is 5.69 Å². The summed E-state index contributed by atoms with van der Waals surface area (Å²) < 4.78 is 1.72. The average Bonchev–Trinajstić information content (AvgIpc) is 2.96. The molecular formula is C19H20N4O2. The predicted octanol–water partition coefficient (Wildman–Crippen LogP) is 2.42. The Hall–Kier alpha value is -3.15. The number of aryl methyl sites for hydroxylation is 3. The number of para-hydroxylation sites is 1. The van der Waals surface area contributed by atoms with Crippen LogP contribution in [-0.4, -0.2) is 20.7 Å². The van der Waals surface area contributed by atoms with Gasteiger partial charge in [0.05, 0.1) is 5.69 Å². The third kappa shape index (κ3) is 3.52. The SMILES string of the molecule is Cc1cc(C)c(CNC(=O)c2cc(C)n(-c3ccccc3)n2)c(=O)[nH]1. The molecule has 0 bridgehead atoms. The Bertz CT molecular complexity index is 971. The summed E-state index contributed by atoms with van der Waals surface area (Å²) in [6.07, 6.45) is 0. The number of rotatable bonds is 4. The van der Waals surface area contributed by atoms with Gasteiger partial charge in [-0.1, -0.05) is 18.2 Å². The van der Waals surface area contributed by atoms with Crippen molar-refractivity contribution >= 4 is 5.91 Å². The van der Waals surface area contributed by atoms with Crippen LogP contribution in [0.2, 0.25) is 0 Å². The van der Waals surface area contributed by atoms with Gasteiger partial charge in [0.2, 0.25) is 0 Å². The van der Waals surface area contributed by atoms with Gasteiger partial charge in [-0.05, 0) is 50.6 Å². The maximum Gasteiger partial charge on any atom is 0.272 e. The molecule has 6 heteroatoms. The van der Waals surface area contributed by atoms with E-state index in [4.69, 9.17) is 0 Å². The number of nitrogens with zero attached hydrogens (tertiary/aromatic N) is 2. The van der Waals surface area contributed by atoms with Crippen LogP contribution in [0.3, 0.4) is 0 Å². The number of pyridine rings is 1. The molecule has 1 aromatic carbocycles. The van der Waals surface area contributed by atoms with Crippen molar-refractivity contribution in [2.24, 2.45) is 0 Å². The third-order valence-corrected chi connectivity index (χ3v) is 4.04. The van der Waals surface area contributed by atoms with Crippen LogP contribution in [0.1, 0.15) is 33.0 Å². The van der Waals surface area contributed by atoms with E-state index in [1.807, 2.05) is 57.2 Å². The van der Waals surface area contributed by atoms with E-state index >= 15 is 0 Å². The van der Waals surface area contributed by atoms with Gasteiger partial charge in [-0.3, -0.25) is 9.59 Å². The summed E-state index contributed by atoms with van der Waals surface area (Å²) in [5, 5.41) is 7.14. The lowest BCUT2D eigenvalue weighted by molar-refractivity contribution is 0.0945. The first-order valence-electron chi connectivity index (χ1n) is 8.05. The highest BCUT2D eigenvalue weighted by Gasteiger charge is 2.14. The standard InChI is InChI=1S/C19H20N4O2/c1-12-9-13(2)21-18(24)16(12)11-20-19(25)17-10-14(3)23(22-17)15-7-5-4-6-8-15/h4-10H,11H2,1-3H3,(H,20,25)(H,21,24). The molecule has 0 fully saturated rings. The Morgan fingerprint density at radius 3 is 2.56 bits per heavy atom. The quantitative estimate of drug-likeness (QED) is 0.768. The zero-order valence-electron chi connectivity index (χ0n) is 14.5. The molecular weight excluding hydrogens is 316 g/mol. The van der Waals surface area contributed by atoms with Gasteiger partial charge < -0.3 is 10.3 Å². The molecule has 0 saturated heterocycles. The lowest BCUT2D eigenvalue weighted by atomic mass is 10.1. The highest BCUT2D eigenvalue weighted by atomic mass is 16.2. The lowest BCUT2D eigenvalue weighted by Gasteiger charge is -2.07. The van der Waals surface area contributed by atoms with Crippen molar-refractivity contribution in [3.63, 3.8) is 0 Å². The number of aromatic nitrogens is 3. The van der Waals surface area contributed by atoms with Crippen LogP contribution in [0, 0.1) is 20.8 Å². The molecule has 0 spiro atoms. The van der Waals surface area contributed by atoms with Crippen molar-refractivity contribution in [3.05, 3.63) is 81.0 Å². The average molecular weight is 336 g/mol. The summed E-state index contributed by atoms with van der Waals surface area (Å²) >= 11 is 0. The van der Waals surface area contributed by atoms with Gasteiger partial charge in [0, 0.05) is 23.5 Å². The van der Waals surface area contributed by atoms with Gasteiger partial charge in [0.25, 0.3) is 11.5 Å². The second kappa shape index (κ2) is 6.76. The van der Waals surface area contributed by atoms with E-state index in [0.29, 0.717) is 11.3 Å².